The molecule has 4 aromatic rings. The Morgan fingerprint density at radius 2 is 1.58 bits per heavy atom. The first kappa shape index (κ1) is 38.2. The molecular weight excluding hydrogens is 693 g/mol. The molecule has 2 N–H and O–H groups in total. The molecule has 2 amide bonds. The zero-order valence-electron chi connectivity index (χ0n) is 30.9. The Morgan fingerprint density at radius 1 is 0.943 bits per heavy atom. The van der Waals surface area contributed by atoms with E-state index in [0.29, 0.717) is 62.6 Å². The van der Waals surface area contributed by atoms with E-state index >= 15 is 0 Å². The van der Waals surface area contributed by atoms with Gasteiger partial charge in [-0.25, -0.2) is 13.6 Å². The summed E-state index contributed by atoms with van der Waals surface area (Å²) in [6.07, 6.45) is 1.34. The predicted octanol–water partition coefficient (Wildman–Crippen LogP) is 8.58. The van der Waals surface area contributed by atoms with Gasteiger partial charge in [0, 0.05) is 43.5 Å². The van der Waals surface area contributed by atoms with Gasteiger partial charge in [0.25, 0.3) is 0 Å². The van der Waals surface area contributed by atoms with Crippen molar-refractivity contribution in [3.63, 3.8) is 0 Å². The van der Waals surface area contributed by atoms with Crippen molar-refractivity contribution < 1.29 is 32.6 Å². The lowest BCUT2D eigenvalue weighted by atomic mass is 9.75. The molecule has 8 nitrogen and oxygen atoms in total. The zero-order chi connectivity index (χ0) is 37.8. The number of hydrogen-bond donors (Lipinski definition) is 2. The number of rotatable bonds is 13. The molecule has 0 saturated carbocycles. The van der Waals surface area contributed by atoms with Gasteiger partial charge in [-0.1, -0.05) is 56.3 Å². The van der Waals surface area contributed by atoms with E-state index in [1.54, 1.807) is 46.2 Å². The van der Waals surface area contributed by atoms with Crippen molar-refractivity contribution in [3.8, 4) is 11.5 Å². The number of carbonyl (C=O) groups is 2. The summed E-state index contributed by atoms with van der Waals surface area (Å²) < 4.78 is 40.4. The maximum atomic E-state index is 14.2. The Morgan fingerprint density at radius 3 is 2.23 bits per heavy atom. The summed E-state index contributed by atoms with van der Waals surface area (Å²) in [5.41, 5.74) is 3.20. The molecule has 0 bridgehead atoms. The zero-order valence-corrected chi connectivity index (χ0v) is 31.9. The van der Waals surface area contributed by atoms with Crippen molar-refractivity contribution in [1.29, 1.82) is 0 Å². The average molecular weight is 742 g/mol. The molecule has 0 spiro atoms. The second-order valence-corrected chi connectivity index (χ2v) is 19.8. The number of carbonyl (C=O) groups excluding carboxylic acids is 2. The van der Waals surface area contributed by atoms with Gasteiger partial charge >= 0.3 is 6.09 Å². The van der Waals surface area contributed by atoms with Crippen LogP contribution in [0.3, 0.4) is 0 Å². The molecule has 2 aliphatic rings. The van der Waals surface area contributed by atoms with Gasteiger partial charge in [-0.15, -0.1) is 0 Å². The molecule has 2 heterocycles. The van der Waals surface area contributed by atoms with E-state index in [2.05, 4.69) is 19.2 Å². The lowest BCUT2D eigenvalue weighted by molar-refractivity contribution is -0.130. The largest absolute Gasteiger partial charge is 0.488 e. The van der Waals surface area contributed by atoms with Crippen LogP contribution in [0, 0.1) is 17.6 Å². The quantitative estimate of drug-likeness (QED) is 0.105. The molecule has 0 aromatic heterocycles. The van der Waals surface area contributed by atoms with Gasteiger partial charge < -0.3 is 29.4 Å². The number of hydrogen-bond acceptors (Lipinski definition) is 6. The smallest absolute Gasteiger partial charge is 0.415 e. The Bertz CT molecular complexity index is 1860. The fraction of sp³-hybridized carbons (Fsp3) is 0.381. The molecule has 0 radical (unpaired) electrons. The SMILES string of the molecule is CC(C)(C[C@@H](CC[C@H]1C(=O)N(c2ccc(F)cc2)[C@@H]1c1ccc(OC(=O)N2CCNCC2)cc1OCc1ccccc1)c1ccc(F)cc1)[Si](C)(C)O. The van der Waals surface area contributed by atoms with Gasteiger partial charge in [-0.2, -0.15) is 0 Å². The minimum Gasteiger partial charge on any atom is -0.488 e. The maximum absolute atomic E-state index is 14.2. The van der Waals surface area contributed by atoms with E-state index in [1.807, 2.05) is 49.5 Å². The fourth-order valence-electron chi connectivity index (χ4n) is 7.14. The summed E-state index contributed by atoms with van der Waals surface area (Å²) in [5, 5.41) is 2.88. The van der Waals surface area contributed by atoms with Crippen LogP contribution in [0.2, 0.25) is 18.1 Å². The topological polar surface area (TPSA) is 91.3 Å². The highest BCUT2D eigenvalue weighted by atomic mass is 28.4. The molecule has 11 heteroatoms. The summed E-state index contributed by atoms with van der Waals surface area (Å²) >= 11 is 0. The van der Waals surface area contributed by atoms with Crippen LogP contribution >= 0.6 is 0 Å². The maximum Gasteiger partial charge on any atom is 0.415 e. The number of ether oxygens (including phenoxy) is 2. The van der Waals surface area contributed by atoms with Crippen LogP contribution in [0.25, 0.3) is 0 Å². The average Bonchev–Trinajstić information content (AvgIpc) is 3.14. The lowest BCUT2D eigenvalue weighted by Gasteiger charge is -2.48. The van der Waals surface area contributed by atoms with Crippen molar-refractivity contribution in [2.45, 2.75) is 69.8 Å². The van der Waals surface area contributed by atoms with Gasteiger partial charge in [-0.05, 0) is 103 Å². The number of amides is 2. The second kappa shape index (κ2) is 16.2. The van der Waals surface area contributed by atoms with E-state index in [-0.39, 0.29) is 29.3 Å². The van der Waals surface area contributed by atoms with E-state index in [9.17, 15) is 23.2 Å². The third-order valence-corrected chi connectivity index (χ3v) is 14.5. The number of nitrogens with zero attached hydrogens (tertiary/aromatic N) is 2. The van der Waals surface area contributed by atoms with Crippen LogP contribution < -0.4 is 19.7 Å². The van der Waals surface area contributed by atoms with Crippen molar-refractivity contribution in [3.05, 3.63) is 125 Å². The first-order valence-electron chi connectivity index (χ1n) is 18.4. The van der Waals surface area contributed by atoms with Crippen molar-refractivity contribution in [2.24, 2.45) is 5.92 Å². The van der Waals surface area contributed by atoms with E-state index in [0.717, 1.165) is 16.7 Å². The summed E-state index contributed by atoms with van der Waals surface area (Å²) in [7, 11) is -2.59. The number of anilines is 1. The minimum atomic E-state index is -2.59. The van der Waals surface area contributed by atoms with Crippen LogP contribution in [0.15, 0.2) is 97.1 Å². The first-order valence-corrected chi connectivity index (χ1v) is 21.3. The number of halogens is 2. The van der Waals surface area contributed by atoms with Gasteiger partial charge in [0.05, 0.1) is 12.0 Å². The van der Waals surface area contributed by atoms with Gasteiger partial charge in [0.2, 0.25) is 5.91 Å². The third kappa shape index (κ3) is 8.97. The summed E-state index contributed by atoms with van der Waals surface area (Å²) in [4.78, 5) is 41.8. The third-order valence-electron chi connectivity index (χ3n) is 11.0. The van der Waals surface area contributed by atoms with Crippen LogP contribution in [0.1, 0.15) is 61.8 Å². The molecule has 2 aliphatic heterocycles. The van der Waals surface area contributed by atoms with E-state index < -0.39 is 32.2 Å². The molecule has 2 saturated heterocycles. The monoisotopic (exact) mass is 741 g/mol. The fourth-order valence-corrected chi connectivity index (χ4v) is 7.88. The molecular formula is C42H49F2N3O5Si. The molecule has 0 unspecified atom stereocenters. The van der Waals surface area contributed by atoms with Gasteiger partial charge in [0.1, 0.15) is 29.7 Å². The van der Waals surface area contributed by atoms with Crippen LogP contribution in [0.4, 0.5) is 19.3 Å². The lowest BCUT2D eigenvalue weighted by Crippen LogP contribution is -2.55. The van der Waals surface area contributed by atoms with Crippen LogP contribution in [0.5, 0.6) is 11.5 Å². The van der Waals surface area contributed by atoms with Crippen molar-refractivity contribution in [2.75, 3.05) is 31.1 Å². The van der Waals surface area contributed by atoms with E-state index in [1.165, 1.54) is 24.3 Å². The molecule has 0 aliphatic carbocycles. The number of benzene rings is 4. The second-order valence-electron chi connectivity index (χ2n) is 15.3. The predicted molar refractivity (Wildman–Crippen MR) is 205 cm³/mol. The normalized spacial score (nSPS) is 18.4. The number of piperazine rings is 1. The van der Waals surface area contributed by atoms with Gasteiger partial charge in [-0.3, -0.25) is 4.79 Å². The van der Waals surface area contributed by atoms with Crippen LogP contribution in [-0.2, 0) is 11.4 Å². The Balaban J connectivity index is 1.34. The van der Waals surface area contributed by atoms with E-state index in [4.69, 9.17) is 9.47 Å². The standard InChI is InChI=1S/C42H49F2N3O5Si/c1-42(2,53(3,4)50)27-31(30-10-13-32(43)14-11-30)12-20-37-39(47(40(37)48)34-17-15-33(44)16-18-34)36-21-19-35(52-41(49)46-24-22-45-23-25-46)26-38(36)51-28-29-8-6-5-7-9-29/h5-11,13-19,21,26,31,37,39,45,50H,12,20,22-25,27-28H2,1-4H3/t31-,37-,39-/m1/s1. The molecule has 3 atom stereocenters. The first-order chi connectivity index (χ1) is 25.3. The summed E-state index contributed by atoms with van der Waals surface area (Å²) in [6.45, 7) is 10.7. The number of nitrogens with one attached hydrogen (secondary N) is 1. The van der Waals surface area contributed by atoms with Gasteiger partial charge in [0.15, 0.2) is 8.32 Å². The Kier molecular flexibility index (Phi) is 11.7. The van der Waals surface area contributed by atoms with Crippen molar-refractivity contribution in [1.82, 2.24) is 10.2 Å². The molecule has 280 valence electrons. The highest BCUT2D eigenvalue weighted by Gasteiger charge is 2.50. The Hall–Kier alpha value is -4.58. The molecule has 4 aromatic carbocycles. The molecule has 53 heavy (non-hydrogen) atoms. The highest BCUT2D eigenvalue weighted by molar-refractivity contribution is 6.72. The van der Waals surface area contributed by atoms with Crippen LogP contribution in [-0.4, -0.2) is 56.2 Å². The summed E-state index contributed by atoms with van der Waals surface area (Å²) in [5.74, 6) is -0.532. The van der Waals surface area contributed by atoms with Crippen molar-refractivity contribution >= 4 is 26.0 Å². The molecule has 2 fully saturated rings. The minimum absolute atomic E-state index is 0.0431. The number of β-lactam (4-membered cyclic amide) rings is 1. The molecule has 6 rings (SSSR count). The Labute approximate surface area is 311 Å². The summed E-state index contributed by atoms with van der Waals surface area (Å²) in [6, 6.07) is 26.9. The highest BCUT2D eigenvalue weighted by Crippen LogP contribution is 2.51.